The van der Waals surface area contributed by atoms with Gasteiger partial charge in [0.1, 0.15) is 13.2 Å². The molecule has 0 unspecified atom stereocenters. The van der Waals surface area contributed by atoms with Gasteiger partial charge in [-0.05, 0) is 60.4 Å². The zero-order valence-electron chi connectivity index (χ0n) is 18.7. The number of amides is 1. The third-order valence-corrected chi connectivity index (χ3v) is 7.98. The quantitative estimate of drug-likeness (QED) is 0.582. The third kappa shape index (κ3) is 4.64. The van der Waals surface area contributed by atoms with E-state index in [9.17, 15) is 13.2 Å². The number of hydrogen-bond donors (Lipinski definition) is 1. The van der Waals surface area contributed by atoms with Gasteiger partial charge in [0.05, 0.1) is 4.90 Å². The van der Waals surface area contributed by atoms with Crippen LogP contribution in [0.3, 0.4) is 0 Å². The lowest BCUT2D eigenvalue weighted by Crippen LogP contribution is -2.35. The second-order valence-corrected chi connectivity index (χ2v) is 10.3. The lowest BCUT2D eigenvalue weighted by Gasteiger charge is -2.25. The lowest BCUT2D eigenvalue weighted by molar-refractivity contribution is 0.102. The van der Waals surface area contributed by atoms with E-state index in [-0.39, 0.29) is 5.91 Å². The highest BCUT2D eigenvalue weighted by Gasteiger charge is 2.25. The predicted molar refractivity (Wildman–Crippen MR) is 130 cm³/mol. The van der Waals surface area contributed by atoms with Crippen molar-refractivity contribution in [2.24, 2.45) is 0 Å². The number of anilines is 1. The zero-order valence-corrected chi connectivity index (χ0v) is 19.5. The van der Waals surface area contributed by atoms with Crippen molar-refractivity contribution in [1.82, 2.24) is 4.31 Å². The predicted octanol–water partition coefficient (Wildman–Crippen LogP) is 4.55. The van der Waals surface area contributed by atoms with Crippen LogP contribution in [0.4, 0.5) is 5.69 Å². The number of hydrogen-bond acceptors (Lipinski definition) is 5. The van der Waals surface area contributed by atoms with Crippen LogP contribution in [0.5, 0.6) is 11.5 Å². The van der Waals surface area contributed by atoms with E-state index in [0.717, 1.165) is 30.4 Å². The molecule has 34 heavy (non-hydrogen) atoms. The maximum atomic E-state index is 12.9. The molecular formula is C26H26N2O5S. The van der Waals surface area contributed by atoms with Crippen molar-refractivity contribution in [3.05, 3.63) is 72.3 Å². The van der Waals surface area contributed by atoms with Gasteiger partial charge in [0, 0.05) is 30.4 Å². The Hall–Kier alpha value is -3.36. The summed E-state index contributed by atoms with van der Waals surface area (Å²) in [4.78, 5) is 13.2. The van der Waals surface area contributed by atoms with Gasteiger partial charge in [0.2, 0.25) is 10.0 Å². The van der Waals surface area contributed by atoms with Crippen LogP contribution in [0.25, 0.3) is 11.1 Å². The lowest BCUT2D eigenvalue weighted by atomic mass is 10.0. The van der Waals surface area contributed by atoms with Crippen molar-refractivity contribution in [1.29, 1.82) is 0 Å². The number of sulfonamides is 1. The summed E-state index contributed by atoms with van der Waals surface area (Å²) in [5, 5.41) is 2.89. The van der Waals surface area contributed by atoms with Crippen molar-refractivity contribution in [3.8, 4) is 22.6 Å². The van der Waals surface area contributed by atoms with Crippen molar-refractivity contribution in [2.45, 2.75) is 24.2 Å². The van der Waals surface area contributed by atoms with E-state index in [1.165, 1.54) is 0 Å². The second-order valence-electron chi connectivity index (χ2n) is 8.38. The molecule has 0 saturated carbocycles. The van der Waals surface area contributed by atoms with Crippen molar-refractivity contribution in [3.63, 3.8) is 0 Å². The summed E-state index contributed by atoms with van der Waals surface area (Å²) in [5.41, 5.74) is 2.78. The molecule has 0 aromatic heterocycles. The Morgan fingerprint density at radius 2 is 1.53 bits per heavy atom. The Bertz CT molecular complexity index is 1300. The van der Waals surface area contributed by atoms with E-state index < -0.39 is 10.0 Å². The number of carbonyl (C=O) groups is 1. The minimum Gasteiger partial charge on any atom is -0.486 e. The molecule has 8 heteroatoms. The normalized spacial score (nSPS) is 16.1. The average molecular weight is 479 g/mol. The summed E-state index contributed by atoms with van der Waals surface area (Å²) in [5.74, 6) is 1.03. The Morgan fingerprint density at radius 1 is 0.794 bits per heavy atom. The molecule has 0 radical (unpaired) electrons. The minimum atomic E-state index is -3.47. The SMILES string of the molecule is O=C(Nc1ccc2c(c1)OCCO2)c1cccc(-c2ccc(S(=O)(=O)N3CCCCC3)cc2)c1. The van der Waals surface area contributed by atoms with Crippen LogP contribution < -0.4 is 14.8 Å². The van der Waals surface area contributed by atoms with Crippen molar-refractivity contribution >= 4 is 21.6 Å². The van der Waals surface area contributed by atoms with Gasteiger partial charge in [-0.25, -0.2) is 8.42 Å². The number of piperidine rings is 1. The first-order valence-corrected chi connectivity index (χ1v) is 12.9. The molecule has 1 fully saturated rings. The van der Waals surface area contributed by atoms with E-state index in [1.807, 2.05) is 12.1 Å². The van der Waals surface area contributed by atoms with Crippen molar-refractivity contribution < 1.29 is 22.7 Å². The van der Waals surface area contributed by atoms with Gasteiger partial charge >= 0.3 is 0 Å². The molecule has 176 valence electrons. The Balaban J connectivity index is 1.32. The highest BCUT2D eigenvalue weighted by molar-refractivity contribution is 7.89. The molecule has 2 aliphatic heterocycles. The molecule has 5 rings (SSSR count). The van der Waals surface area contributed by atoms with Gasteiger partial charge in [0.15, 0.2) is 11.5 Å². The molecule has 3 aromatic rings. The third-order valence-electron chi connectivity index (χ3n) is 6.07. The highest BCUT2D eigenvalue weighted by Crippen LogP contribution is 2.33. The first kappa shape index (κ1) is 22.4. The number of rotatable bonds is 5. The van der Waals surface area contributed by atoms with E-state index in [0.29, 0.717) is 53.9 Å². The smallest absolute Gasteiger partial charge is 0.255 e. The topological polar surface area (TPSA) is 84.9 Å². The average Bonchev–Trinajstić information content (AvgIpc) is 2.89. The molecule has 0 aliphatic carbocycles. The number of benzene rings is 3. The first-order chi connectivity index (χ1) is 16.5. The maximum absolute atomic E-state index is 12.9. The summed E-state index contributed by atoms with van der Waals surface area (Å²) in [6.07, 6.45) is 2.88. The fourth-order valence-corrected chi connectivity index (χ4v) is 5.76. The van der Waals surface area contributed by atoms with Crippen LogP contribution in [0.15, 0.2) is 71.6 Å². The van der Waals surface area contributed by atoms with E-state index in [2.05, 4.69) is 5.32 Å². The fraction of sp³-hybridized carbons (Fsp3) is 0.269. The van der Waals surface area contributed by atoms with Crippen molar-refractivity contribution in [2.75, 3.05) is 31.6 Å². The van der Waals surface area contributed by atoms with Crippen LogP contribution >= 0.6 is 0 Å². The highest BCUT2D eigenvalue weighted by atomic mass is 32.2. The number of carbonyl (C=O) groups excluding carboxylic acids is 1. The van der Waals surface area contributed by atoms with Crippen LogP contribution in [0, 0.1) is 0 Å². The Kier molecular flexibility index (Phi) is 6.26. The number of nitrogens with zero attached hydrogens (tertiary/aromatic N) is 1. The molecule has 0 bridgehead atoms. The molecule has 0 atom stereocenters. The number of nitrogens with one attached hydrogen (secondary N) is 1. The largest absolute Gasteiger partial charge is 0.486 e. The van der Waals surface area contributed by atoms with E-state index in [1.54, 1.807) is 58.9 Å². The zero-order chi connectivity index (χ0) is 23.5. The summed E-state index contributed by atoms with van der Waals surface area (Å²) < 4.78 is 38.5. The molecule has 2 heterocycles. The van der Waals surface area contributed by atoms with Crippen LogP contribution in [0.1, 0.15) is 29.6 Å². The van der Waals surface area contributed by atoms with Gasteiger partial charge < -0.3 is 14.8 Å². The molecule has 1 saturated heterocycles. The molecule has 2 aliphatic rings. The summed E-state index contributed by atoms with van der Waals surface area (Å²) in [6.45, 7) is 2.14. The molecule has 0 spiro atoms. The van der Waals surface area contributed by atoms with Gasteiger partial charge in [0.25, 0.3) is 5.91 Å². The number of ether oxygens (including phenoxy) is 2. The van der Waals surface area contributed by atoms with Gasteiger partial charge in [-0.15, -0.1) is 0 Å². The minimum absolute atomic E-state index is 0.247. The van der Waals surface area contributed by atoms with E-state index in [4.69, 9.17) is 9.47 Å². The Morgan fingerprint density at radius 3 is 2.29 bits per heavy atom. The Labute approximate surface area is 199 Å². The molecule has 7 nitrogen and oxygen atoms in total. The second kappa shape index (κ2) is 9.48. The van der Waals surface area contributed by atoms with Crippen LogP contribution in [-0.2, 0) is 10.0 Å². The maximum Gasteiger partial charge on any atom is 0.255 e. The molecule has 1 amide bonds. The van der Waals surface area contributed by atoms with Gasteiger partial charge in [-0.2, -0.15) is 4.31 Å². The van der Waals surface area contributed by atoms with E-state index >= 15 is 0 Å². The standard InChI is InChI=1S/C26H26N2O5S/c29-26(27-22-9-12-24-25(18-22)33-16-15-32-24)21-6-4-5-20(17-21)19-7-10-23(11-8-19)34(30,31)28-13-2-1-3-14-28/h4-12,17-18H,1-3,13-16H2,(H,27,29). The van der Waals surface area contributed by atoms with Crippen LogP contribution in [-0.4, -0.2) is 44.9 Å². The number of fused-ring (bicyclic) bond motifs is 1. The summed E-state index contributed by atoms with van der Waals surface area (Å²) in [6, 6.07) is 19.4. The molecule has 3 aromatic carbocycles. The summed E-state index contributed by atoms with van der Waals surface area (Å²) >= 11 is 0. The van der Waals surface area contributed by atoms with Gasteiger partial charge in [-0.1, -0.05) is 30.7 Å². The molecule has 1 N–H and O–H groups in total. The van der Waals surface area contributed by atoms with Crippen LogP contribution in [0.2, 0.25) is 0 Å². The van der Waals surface area contributed by atoms with Gasteiger partial charge in [-0.3, -0.25) is 4.79 Å². The monoisotopic (exact) mass is 478 g/mol. The first-order valence-electron chi connectivity index (χ1n) is 11.4. The summed E-state index contributed by atoms with van der Waals surface area (Å²) in [7, 11) is -3.47. The fourth-order valence-electron chi connectivity index (χ4n) is 4.24. The molecular weight excluding hydrogens is 452 g/mol.